The van der Waals surface area contributed by atoms with Crippen molar-refractivity contribution in [2.24, 2.45) is 7.05 Å². The van der Waals surface area contributed by atoms with Gasteiger partial charge in [-0.2, -0.15) is 10.1 Å². The molecule has 3 heterocycles. The molecule has 0 aromatic carbocycles. The Morgan fingerprint density at radius 1 is 1.30 bits per heavy atom. The zero-order valence-electron chi connectivity index (χ0n) is 11.7. The van der Waals surface area contributed by atoms with E-state index in [2.05, 4.69) is 31.6 Å². The van der Waals surface area contributed by atoms with Crippen molar-refractivity contribution in [2.75, 3.05) is 0 Å². The molecule has 0 aliphatic carbocycles. The van der Waals surface area contributed by atoms with E-state index in [0.29, 0.717) is 24.8 Å². The van der Waals surface area contributed by atoms with E-state index >= 15 is 0 Å². The Bertz CT molecular complexity index is 744. The second-order valence-corrected chi connectivity index (χ2v) is 4.76. The van der Waals surface area contributed by atoms with Gasteiger partial charge in [0.05, 0.1) is 12.2 Å². The van der Waals surface area contributed by atoms with Crippen molar-refractivity contribution in [3.8, 4) is 0 Å². The van der Waals surface area contributed by atoms with Gasteiger partial charge in [0.2, 0.25) is 5.89 Å². The van der Waals surface area contributed by atoms with Gasteiger partial charge in [-0.25, -0.2) is 4.98 Å². The Labute approximate surface area is 116 Å². The van der Waals surface area contributed by atoms with Gasteiger partial charge in [0, 0.05) is 25.2 Å². The van der Waals surface area contributed by atoms with E-state index in [4.69, 9.17) is 4.52 Å². The summed E-state index contributed by atoms with van der Waals surface area (Å²) in [4.78, 5) is 8.58. The van der Waals surface area contributed by atoms with Gasteiger partial charge in [-0.15, -0.1) is 0 Å². The largest absolute Gasteiger partial charge is 0.338 e. The first-order valence-electron chi connectivity index (χ1n) is 6.41. The topological polar surface area (TPSA) is 81.7 Å². The molecule has 0 atom stereocenters. The van der Waals surface area contributed by atoms with Crippen LogP contribution in [0.15, 0.2) is 16.8 Å². The fourth-order valence-electron chi connectivity index (χ4n) is 2.17. The lowest BCUT2D eigenvalue weighted by Gasteiger charge is -2.02. The smallest absolute Gasteiger partial charge is 0.240 e. The molecule has 3 aromatic rings. The summed E-state index contributed by atoms with van der Waals surface area (Å²) >= 11 is 0. The van der Waals surface area contributed by atoms with Crippen LogP contribution in [0.3, 0.4) is 0 Å². The summed E-state index contributed by atoms with van der Waals surface area (Å²) in [5, 5.41) is 12.5. The average Bonchev–Trinajstić information content (AvgIpc) is 2.95. The zero-order valence-corrected chi connectivity index (χ0v) is 11.7. The minimum absolute atomic E-state index is 0.547. The Balaban J connectivity index is 1.70. The van der Waals surface area contributed by atoms with Crippen LogP contribution in [0.4, 0.5) is 0 Å². The maximum Gasteiger partial charge on any atom is 0.240 e. The second-order valence-electron chi connectivity index (χ2n) is 4.76. The molecule has 0 bridgehead atoms. The van der Waals surface area contributed by atoms with Crippen molar-refractivity contribution >= 4 is 11.0 Å². The molecule has 0 fully saturated rings. The van der Waals surface area contributed by atoms with Crippen molar-refractivity contribution < 1.29 is 4.52 Å². The average molecular weight is 272 g/mol. The lowest BCUT2D eigenvalue weighted by atomic mass is 10.2. The van der Waals surface area contributed by atoms with E-state index in [1.54, 1.807) is 11.6 Å². The van der Waals surface area contributed by atoms with Gasteiger partial charge in [-0.1, -0.05) is 5.16 Å². The Kier molecular flexibility index (Phi) is 3.19. The molecule has 104 valence electrons. The van der Waals surface area contributed by atoms with Crippen LogP contribution in [0.2, 0.25) is 0 Å². The number of fused-ring (bicyclic) bond motifs is 1. The lowest BCUT2D eigenvalue weighted by Crippen LogP contribution is -2.13. The minimum Gasteiger partial charge on any atom is -0.338 e. The van der Waals surface area contributed by atoms with Crippen LogP contribution < -0.4 is 5.32 Å². The highest BCUT2D eigenvalue weighted by atomic mass is 16.5. The van der Waals surface area contributed by atoms with E-state index in [-0.39, 0.29) is 0 Å². The van der Waals surface area contributed by atoms with Crippen molar-refractivity contribution in [3.05, 3.63) is 35.2 Å². The SMILES string of the molecule is Cc1noc(CNCc2cnc3c(c2)c(C)nn3C)n1. The first kappa shape index (κ1) is 12.7. The summed E-state index contributed by atoms with van der Waals surface area (Å²) in [7, 11) is 1.90. The standard InChI is InChI=1S/C13H16N6O/c1-8-11-4-10(6-15-13(11)19(3)17-8)5-14-7-12-16-9(2)18-20-12/h4,6,14H,5,7H2,1-3H3. The predicted octanol–water partition coefficient (Wildman–Crippen LogP) is 1.26. The third-order valence-corrected chi connectivity index (χ3v) is 3.09. The van der Waals surface area contributed by atoms with Gasteiger partial charge in [0.15, 0.2) is 11.5 Å². The lowest BCUT2D eigenvalue weighted by molar-refractivity contribution is 0.364. The second kappa shape index (κ2) is 5.01. The van der Waals surface area contributed by atoms with Gasteiger partial charge >= 0.3 is 0 Å². The highest BCUT2D eigenvalue weighted by molar-refractivity contribution is 5.78. The molecule has 0 saturated heterocycles. The molecular weight excluding hydrogens is 256 g/mol. The maximum atomic E-state index is 5.04. The first-order chi connectivity index (χ1) is 9.63. The monoisotopic (exact) mass is 272 g/mol. The molecular formula is C13H16N6O. The van der Waals surface area contributed by atoms with E-state index in [1.807, 2.05) is 20.2 Å². The number of aryl methyl sites for hydroxylation is 3. The fourth-order valence-corrected chi connectivity index (χ4v) is 2.17. The number of nitrogens with one attached hydrogen (secondary N) is 1. The van der Waals surface area contributed by atoms with Gasteiger partial charge in [0.1, 0.15) is 0 Å². The number of rotatable bonds is 4. The molecule has 0 spiro atoms. The van der Waals surface area contributed by atoms with Crippen LogP contribution in [0, 0.1) is 13.8 Å². The van der Waals surface area contributed by atoms with E-state index in [1.165, 1.54) is 0 Å². The molecule has 7 heteroatoms. The van der Waals surface area contributed by atoms with Crippen LogP contribution in [-0.4, -0.2) is 24.9 Å². The minimum atomic E-state index is 0.547. The summed E-state index contributed by atoms with van der Waals surface area (Å²) in [6, 6.07) is 2.11. The number of hydrogen-bond donors (Lipinski definition) is 1. The summed E-state index contributed by atoms with van der Waals surface area (Å²) in [6.07, 6.45) is 1.86. The molecule has 1 N–H and O–H groups in total. The van der Waals surface area contributed by atoms with Crippen LogP contribution in [0.5, 0.6) is 0 Å². The van der Waals surface area contributed by atoms with E-state index in [9.17, 15) is 0 Å². The van der Waals surface area contributed by atoms with Crippen molar-refractivity contribution in [1.29, 1.82) is 0 Å². The highest BCUT2D eigenvalue weighted by Gasteiger charge is 2.07. The van der Waals surface area contributed by atoms with Gasteiger partial charge in [-0.05, 0) is 25.5 Å². The van der Waals surface area contributed by atoms with Crippen LogP contribution >= 0.6 is 0 Å². The summed E-state index contributed by atoms with van der Waals surface area (Å²) in [5.41, 5.74) is 2.99. The van der Waals surface area contributed by atoms with Gasteiger partial charge in [0.25, 0.3) is 0 Å². The van der Waals surface area contributed by atoms with Gasteiger partial charge in [-0.3, -0.25) is 4.68 Å². The van der Waals surface area contributed by atoms with Crippen molar-refractivity contribution in [1.82, 2.24) is 30.2 Å². The number of pyridine rings is 1. The molecule has 3 rings (SSSR count). The fraction of sp³-hybridized carbons (Fsp3) is 0.385. The predicted molar refractivity (Wildman–Crippen MR) is 72.8 cm³/mol. The van der Waals surface area contributed by atoms with Crippen molar-refractivity contribution in [3.63, 3.8) is 0 Å². The molecule has 0 saturated carbocycles. The normalized spacial score (nSPS) is 11.3. The summed E-state index contributed by atoms with van der Waals surface area (Å²) in [6.45, 7) is 5.03. The quantitative estimate of drug-likeness (QED) is 0.770. The molecule has 7 nitrogen and oxygen atoms in total. The summed E-state index contributed by atoms with van der Waals surface area (Å²) < 4.78 is 6.84. The third kappa shape index (κ3) is 2.39. The third-order valence-electron chi connectivity index (χ3n) is 3.09. The molecule has 0 unspecified atom stereocenters. The Morgan fingerprint density at radius 2 is 2.15 bits per heavy atom. The van der Waals surface area contributed by atoms with E-state index in [0.717, 1.165) is 22.3 Å². The zero-order chi connectivity index (χ0) is 14.1. The molecule has 0 aliphatic rings. The Morgan fingerprint density at radius 3 is 2.90 bits per heavy atom. The molecule has 0 radical (unpaired) electrons. The molecule has 3 aromatic heterocycles. The number of nitrogens with zero attached hydrogens (tertiary/aromatic N) is 5. The van der Waals surface area contributed by atoms with Gasteiger partial charge < -0.3 is 9.84 Å². The number of aromatic nitrogens is 5. The van der Waals surface area contributed by atoms with E-state index < -0.39 is 0 Å². The molecule has 0 amide bonds. The van der Waals surface area contributed by atoms with Crippen LogP contribution in [-0.2, 0) is 20.1 Å². The van der Waals surface area contributed by atoms with Crippen LogP contribution in [0.25, 0.3) is 11.0 Å². The molecule has 20 heavy (non-hydrogen) atoms. The maximum absolute atomic E-state index is 5.04. The Hall–Kier alpha value is -2.28. The highest BCUT2D eigenvalue weighted by Crippen LogP contribution is 2.16. The van der Waals surface area contributed by atoms with Crippen LogP contribution in [0.1, 0.15) is 23.0 Å². The molecule has 0 aliphatic heterocycles. The first-order valence-corrected chi connectivity index (χ1v) is 6.41. The number of hydrogen-bond acceptors (Lipinski definition) is 6. The summed E-state index contributed by atoms with van der Waals surface area (Å²) in [5.74, 6) is 1.24. The van der Waals surface area contributed by atoms with Crippen molar-refractivity contribution in [2.45, 2.75) is 26.9 Å².